The summed E-state index contributed by atoms with van der Waals surface area (Å²) in [7, 11) is 2.97. The first kappa shape index (κ1) is 13.6. The van der Waals surface area contributed by atoms with Gasteiger partial charge >= 0.3 is 5.97 Å². The van der Waals surface area contributed by atoms with E-state index < -0.39 is 11.9 Å². The lowest BCUT2D eigenvalue weighted by Gasteiger charge is -2.10. The molecule has 2 N–H and O–H groups in total. The molecule has 6 nitrogen and oxygen atoms in total. The second kappa shape index (κ2) is 6.29. The first-order valence-electron chi connectivity index (χ1n) is 5.01. The fourth-order valence-corrected chi connectivity index (χ4v) is 1.22. The van der Waals surface area contributed by atoms with Crippen LogP contribution in [0.3, 0.4) is 0 Å². The lowest BCUT2D eigenvalue weighted by Crippen LogP contribution is -2.09. The van der Waals surface area contributed by atoms with Gasteiger partial charge < -0.3 is 19.9 Å². The Balaban J connectivity index is 2.84. The minimum atomic E-state index is -1.19. The van der Waals surface area contributed by atoms with Crippen LogP contribution in [0, 0.1) is 0 Å². The molecule has 96 valence electrons. The number of carboxylic acid groups (broad SMARTS) is 1. The van der Waals surface area contributed by atoms with Crippen molar-refractivity contribution in [1.82, 2.24) is 0 Å². The molecule has 0 radical (unpaired) electrons. The molecule has 0 bridgehead atoms. The molecular formula is C12H13NO5. The van der Waals surface area contributed by atoms with Crippen LogP contribution in [-0.4, -0.2) is 31.2 Å². The molecule has 1 amide bonds. The Kier molecular flexibility index (Phi) is 4.74. The van der Waals surface area contributed by atoms with Crippen LogP contribution in [0.4, 0.5) is 5.69 Å². The number of hydrogen-bond donors (Lipinski definition) is 2. The highest BCUT2D eigenvalue weighted by Gasteiger charge is 2.07. The van der Waals surface area contributed by atoms with Crippen molar-refractivity contribution in [1.29, 1.82) is 0 Å². The number of anilines is 1. The number of carbonyl (C=O) groups is 2. The van der Waals surface area contributed by atoms with Crippen LogP contribution in [0.15, 0.2) is 30.4 Å². The Morgan fingerprint density at radius 1 is 1.22 bits per heavy atom. The van der Waals surface area contributed by atoms with Crippen LogP contribution in [0.1, 0.15) is 0 Å². The number of amides is 1. The molecule has 1 aromatic carbocycles. The number of benzene rings is 1. The summed E-state index contributed by atoms with van der Waals surface area (Å²) < 4.78 is 10.1. The summed E-state index contributed by atoms with van der Waals surface area (Å²) >= 11 is 0. The van der Waals surface area contributed by atoms with Crippen LogP contribution >= 0.6 is 0 Å². The second-order valence-corrected chi connectivity index (χ2v) is 3.23. The van der Waals surface area contributed by atoms with E-state index in [1.54, 1.807) is 18.2 Å². The fraction of sp³-hybridized carbons (Fsp3) is 0.167. The van der Waals surface area contributed by atoms with E-state index in [-0.39, 0.29) is 0 Å². The third kappa shape index (κ3) is 3.82. The van der Waals surface area contributed by atoms with Crippen molar-refractivity contribution in [3.63, 3.8) is 0 Å². The van der Waals surface area contributed by atoms with Crippen molar-refractivity contribution in [2.24, 2.45) is 0 Å². The fourth-order valence-electron chi connectivity index (χ4n) is 1.22. The summed E-state index contributed by atoms with van der Waals surface area (Å²) in [6.45, 7) is 0. The maximum absolute atomic E-state index is 11.4. The van der Waals surface area contributed by atoms with Crippen molar-refractivity contribution in [2.45, 2.75) is 0 Å². The van der Waals surface area contributed by atoms with Gasteiger partial charge in [-0.15, -0.1) is 0 Å². The van der Waals surface area contributed by atoms with E-state index >= 15 is 0 Å². The van der Waals surface area contributed by atoms with Gasteiger partial charge in [0.25, 0.3) is 0 Å². The van der Waals surface area contributed by atoms with Gasteiger partial charge in [-0.1, -0.05) is 0 Å². The third-order valence-electron chi connectivity index (χ3n) is 2.04. The van der Waals surface area contributed by atoms with Gasteiger partial charge in [-0.3, -0.25) is 4.79 Å². The molecule has 0 aliphatic rings. The van der Waals surface area contributed by atoms with Gasteiger partial charge in [-0.05, 0) is 12.1 Å². The molecule has 0 atom stereocenters. The molecule has 0 fully saturated rings. The van der Waals surface area contributed by atoms with Crippen LogP contribution in [0.5, 0.6) is 11.5 Å². The highest BCUT2D eigenvalue weighted by Crippen LogP contribution is 2.28. The Bertz CT molecular complexity index is 481. The zero-order valence-electron chi connectivity index (χ0n) is 9.97. The highest BCUT2D eigenvalue weighted by molar-refractivity contribution is 6.03. The second-order valence-electron chi connectivity index (χ2n) is 3.23. The summed E-state index contributed by atoms with van der Waals surface area (Å²) in [5, 5.41) is 10.9. The van der Waals surface area contributed by atoms with Gasteiger partial charge in [-0.2, -0.15) is 0 Å². The zero-order valence-corrected chi connectivity index (χ0v) is 9.97. The van der Waals surface area contributed by atoms with Gasteiger partial charge in [0.15, 0.2) is 0 Å². The van der Waals surface area contributed by atoms with Crippen LogP contribution in [0.25, 0.3) is 0 Å². The minimum Gasteiger partial charge on any atom is -0.497 e. The number of rotatable bonds is 5. The maximum Gasteiger partial charge on any atom is 0.328 e. The maximum atomic E-state index is 11.4. The Morgan fingerprint density at radius 3 is 2.50 bits per heavy atom. The summed E-state index contributed by atoms with van der Waals surface area (Å²) in [5.41, 5.74) is 0.429. The van der Waals surface area contributed by atoms with Gasteiger partial charge in [0, 0.05) is 18.2 Å². The number of ether oxygens (including phenoxy) is 2. The molecular weight excluding hydrogens is 238 g/mol. The lowest BCUT2D eigenvalue weighted by atomic mass is 10.2. The molecule has 0 saturated heterocycles. The van der Waals surface area contributed by atoms with E-state index in [4.69, 9.17) is 14.6 Å². The first-order chi connectivity index (χ1) is 8.56. The SMILES string of the molecule is COc1ccc(NC(=O)/C=C\C(=O)O)c(OC)c1. The Labute approximate surface area is 104 Å². The largest absolute Gasteiger partial charge is 0.497 e. The van der Waals surface area contributed by atoms with E-state index in [1.807, 2.05) is 0 Å². The normalized spacial score (nSPS) is 10.1. The van der Waals surface area contributed by atoms with E-state index in [9.17, 15) is 9.59 Å². The van der Waals surface area contributed by atoms with Crippen molar-refractivity contribution in [3.8, 4) is 11.5 Å². The minimum absolute atomic E-state index is 0.423. The van der Waals surface area contributed by atoms with E-state index in [0.717, 1.165) is 12.2 Å². The standard InChI is InChI=1S/C12H13NO5/c1-17-8-3-4-9(10(7-8)18-2)13-11(14)5-6-12(15)16/h3-7H,1-2H3,(H,13,14)(H,15,16)/b6-5-. The molecule has 0 heterocycles. The van der Waals surface area contributed by atoms with Crippen LogP contribution in [-0.2, 0) is 9.59 Å². The molecule has 1 aromatic rings. The lowest BCUT2D eigenvalue weighted by molar-refractivity contribution is -0.131. The first-order valence-corrected chi connectivity index (χ1v) is 5.01. The smallest absolute Gasteiger partial charge is 0.328 e. The molecule has 0 aromatic heterocycles. The van der Waals surface area contributed by atoms with Crippen LogP contribution < -0.4 is 14.8 Å². The van der Waals surface area contributed by atoms with Gasteiger partial charge in [0.05, 0.1) is 19.9 Å². The Morgan fingerprint density at radius 2 is 1.94 bits per heavy atom. The molecule has 0 spiro atoms. The van der Waals surface area contributed by atoms with E-state index in [1.165, 1.54) is 14.2 Å². The summed E-state index contributed by atoms with van der Waals surface area (Å²) in [5.74, 6) is -0.731. The molecule has 0 saturated carbocycles. The molecule has 0 unspecified atom stereocenters. The topological polar surface area (TPSA) is 84.9 Å². The monoisotopic (exact) mass is 251 g/mol. The number of methoxy groups -OCH3 is 2. The quantitative estimate of drug-likeness (QED) is 0.770. The zero-order chi connectivity index (χ0) is 13.5. The van der Waals surface area contributed by atoms with Crippen LogP contribution in [0.2, 0.25) is 0 Å². The molecule has 0 aliphatic heterocycles. The average Bonchev–Trinajstić information content (AvgIpc) is 2.36. The highest BCUT2D eigenvalue weighted by atomic mass is 16.5. The van der Waals surface area contributed by atoms with Crippen molar-refractivity contribution in [2.75, 3.05) is 19.5 Å². The number of aliphatic carboxylic acids is 1. The molecule has 18 heavy (non-hydrogen) atoms. The predicted octanol–water partition coefficient (Wildman–Crippen LogP) is 1.28. The number of carboxylic acids is 1. The third-order valence-corrected chi connectivity index (χ3v) is 2.04. The van der Waals surface area contributed by atoms with Gasteiger partial charge in [0.2, 0.25) is 5.91 Å². The number of hydrogen-bond acceptors (Lipinski definition) is 4. The Hall–Kier alpha value is -2.50. The summed E-state index contributed by atoms with van der Waals surface area (Å²) in [6.07, 6.45) is 1.68. The summed E-state index contributed by atoms with van der Waals surface area (Å²) in [4.78, 5) is 21.6. The molecule has 6 heteroatoms. The van der Waals surface area contributed by atoms with E-state index in [2.05, 4.69) is 5.32 Å². The number of nitrogens with one attached hydrogen (secondary N) is 1. The number of carbonyl (C=O) groups excluding carboxylic acids is 1. The van der Waals surface area contributed by atoms with Crippen molar-refractivity contribution in [3.05, 3.63) is 30.4 Å². The predicted molar refractivity (Wildman–Crippen MR) is 65.0 cm³/mol. The van der Waals surface area contributed by atoms with Crippen molar-refractivity contribution < 1.29 is 24.2 Å². The van der Waals surface area contributed by atoms with Crippen molar-refractivity contribution >= 4 is 17.6 Å². The molecule has 0 aliphatic carbocycles. The van der Waals surface area contributed by atoms with E-state index in [0.29, 0.717) is 17.2 Å². The van der Waals surface area contributed by atoms with Gasteiger partial charge in [0.1, 0.15) is 11.5 Å². The average molecular weight is 251 g/mol. The summed E-state index contributed by atoms with van der Waals surface area (Å²) in [6, 6.07) is 4.86. The molecule has 1 rings (SSSR count). The van der Waals surface area contributed by atoms with Gasteiger partial charge in [-0.25, -0.2) is 4.79 Å².